The first-order chi connectivity index (χ1) is 13.3. The lowest BCUT2D eigenvalue weighted by atomic mass is 10.2. The lowest BCUT2D eigenvalue weighted by Crippen LogP contribution is -2.28. The van der Waals surface area contributed by atoms with Crippen LogP contribution >= 0.6 is 0 Å². The van der Waals surface area contributed by atoms with Crippen LogP contribution in [0.2, 0.25) is 0 Å². The summed E-state index contributed by atoms with van der Waals surface area (Å²) in [6.07, 6.45) is 1.73. The zero-order valence-corrected chi connectivity index (χ0v) is 14.9. The third kappa shape index (κ3) is 5.13. The number of carbonyl (C=O) groups is 1. The first-order valence-corrected chi connectivity index (χ1v) is 8.37. The molecule has 1 heterocycles. The first kappa shape index (κ1) is 18.1. The molecule has 2 amide bonds. The molecule has 0 aliphatic heterocycles. The molecule has 0 aliphatic rings. The molecule has 0 radical (unpaired) electrons. The molecule has 6 nitrogen and oxygen atoms in total. The minimum atomic E-state index is -0.325. The summed E-state index contributed by atoms with van der Waals surface area (Å²) >= 11 is 0. The van der Waals surface area contributed by atoms with Gasteiger partial charge in [0.15, 0.2) is 0 Å². The van der Waals surface area contributed by atoms with Gasteiger partial charge in [0.2, 0.25) is 0 Å². The van der Waals surface area contributed by atoms with Crippen LogP contribution in [0.15, 0.2) is 60.8 Å². The van der Waals surface area contributed by atoms with Gasteiger partial charge in [-0.3, -0.25) is 4.98 Å². The average Bonchev–Trinajstić information content (AvgIpc) is 2.71. The maximum absolute atomic E-state index is 11.8. The zero-order chi connectivity index (χ0) is 18.9. The fourth-order valence-corrected chi connectivity index (χ4v) is 2.39. The maximum atomic E-state index is 11.8. The molecule has 27 heavy (non-hydrogen) atoms. The predicted octanol–water partition coefficient (Wildman–Crippen LogP) is 3.45. The van der Waals surface area contributed by atoms with E-state index in [1.165, 1.54) is 0 Å². The van der Waals surface area contributed by atoms with E-state index >= 15 is 0 Å². The van der Waals surface area contributed by atoms with Crippen molar-refractivity contribution >= 4 is 22.6 Å². The number of benzene rings is 2. The summed E-state index contributed by atoms with van der Waals surface area (Å²) < 4.78 is 10.7. The molecule has 0 saturated heterocycles. The molecular formula is C21H19N3O3. The Labute approximate surface area is 157 Å². The van der Waals surface area contributed by atoms with E-state index in [4.69, 9.17) is 9.47 Å². The molecular weight excluding hydrogens is 342 g/mol. The van der Waals surface area contributed by atoms with Gasteiger partial charge in [-0.15, -0.1) is 0 Å². The molecule has 0 aliphatic carbocycles. The number of ether oxygens (including phenoxy) is 2. The zero-order valence-electron chi connectivity index (χ0n) is 14.9. The quantitative estimate of drug-likeness (QED) is 0.683. The Kier molecular flexibility index (Phi) is 6.10. The Morgan fingerprint density at radius 2 is 1.89 bits per heavy atom. The van der Waals surface area contributed by atoms with Crippen molar-refractivity contribution in [1.82, 2.24) is 10.3 Å². The normalized spacial score (nSPS) is 9.81. The number of carbonyl (C=O) groups excluding carboxylic acids is 1. The minimum absolute atomic E-state index is 0.220. The average molecular weight is 361 g/mol. The van der Waals surface area contributed by atoms with Crippen LogP contribution in [0, 0.1) is 11.8 Å². The lowest BCUT2D eigenvalue weighted by molar-refractivity contribution is 0.253. The molecule has 2 N–H and O–H groups in total. The summed E-state index contributed by atoms with van der Waals surface area (Å²) in [7, 11) is 1.59. The third-order valence-electron chi connectivity index (χ3n) is 3.71. The fraction of sp³-hybridized carbons (Fsp3) is 0.143. The highest BCUT2D eigenvalue weighted by Crippen LogP contribution is 2.22. The number of para-hydroxylation sites is 1. The molecule has 6 heteroatoms. The number of nitrogens with one attached hydrogen (secondary N) is 2. The van der Waals surface area contributed by atoms with Gasteiger partial charge in [0, 0.05) is 17.3 Å². The van der Waals surface area contributed by atoms with Gasteiger partial charge in [0.25, 0.3) is 0 Å². The third-order valence-corrected chi connectivity index (χ3v) is 3.71. The highest BCUT2D eigenvalue weighted by atomic mass is 16.5. The SMILES string of the molecule is COc1ccc(NC(=O)NCC#CCOc2cccc3cccnc23)cc1. The number of methoxy groups -OCH3 is 1. The molecule has 2 aromatic carbocycles. The number of fused-ring (bicyclic) bond motifs is 1. The summed E-state index contributed by atoms with van der Waals surface area (Å²) in [4.78, 5) is 16.1. The molecule has 136 valence electrons. The highest BCUT2D eigenvalue weighted by Gasteiger charge is 2.02. The Morgan fingerprint density at radius 1 is 1.07 bits per heavy atom. The number of rotatable bonds is 5. The van der Waals surface area contributed by atoms with Gasteiger partial charge in [0.05, 0.1) is 13.7 Å². The first-order valence-electron chi connectivity index (χ1n) is 8.37. The number of amides is 2. The van der Waals surface area contributed by atoms with Crippen molar-refractivity contribution in [3.63, 3.8) is 0 Å². The smallest absolute Gasteiger partial charge is 0.319 e. The van der Waals surface area contributed by atoms with E-state index in [-0.39, 0.29) is 19.2 Å². The van der Waals surface area contributed by atoms with Gasteiger partial charge in [-0.05, 0) is 36.4 Å². The van der Waals surface area contributed by atoms with Crippen molar-refractivity contribution in [1.29, 1.82) is 0 Å². The molecule has 0 saturated carbocycles. The van der Waals surface area contributed by atoms with Crippen LogP contribution in [-0.2, 0) is 0 Å². The maximum Gasteiger partial charge on any atom is 0.319 e. The van der Waals surface area contributed by atoms with E-state index in [1.807, 2.05) is 30.3 Å². The number of hydrogen-bond acceptors (Lipinski definition) is 4. The molecule has 3 aromatic rings. The van der Waals surface area contributed by atoms with Crippen LogP contribution in [0.1, 0.15) is 0 Å². The second-order valence-corrected chi connectivity index (χ2v) is 5.51. The Hall–Kier alpha value is -3.72. The van der Waals surface area contributed by atoms with Crippen molar-refractivity contribution in [3.05, 3.63) is 60.8 Å². The summed E-state index contributed by atoms with van der Waals surface area (Å²) in [6, 6.07) is 16.4. The molecule has 0 unspecified atom stereocenters. The second-order valence-electron chi connectivity index (χ2n) is 5.51. The van der Waals surface area contributed by atoms with Crippen LogP contribution in [0.3, 0.4) is 0 Å². The van der Waals surface area contributed by atoms with Crippen molar-refractivity contribution in [2.75, 3.05) is 25.6 Å². The van der Waals surface area contributed by atoms with Gasteiger partial charge < -0.3 is 20.1 Å². The number of nitrogens with zero attached hydrogens (tertiary/aromatic N) is 1. The van der Waals surface area contributed by atoms with Crippen LogP contribution < -0.4 is 20.1 Å². The molecule has 0 fully saturated rings. The minimum Gasteiger partial charge on any atom is -0.497 e. The standard InChI is InChI=1S/C21H19N3O3/c1-26-18-11-9-17(10-12-18)24-21(25)23-13-2-3-15-27-19-8-4-6-16-7-5-14-22-20(16)19/h4-12,14H,13,15H2,1H3,(H2,23,24,25). The molecule has 0 atom stereocenters. The molecule has 0 bridgehead atoms. The van der Waals surface area contributed by atoms with E-state index in [0.717, 1.165) is 16.7 Å². The number of urea groups is 1. The Balaban J connectivity index is 1.43. The van der Waals surface area contributed by atoms with E-state index in [2.05, 4.69) is 27.5 Å². The monoisotopic (exact) mass is 361 g/mol. The van der Waals surface area contributed by atoms with Crippen molar-refractivity contribution in [2.24, 2.45) is 0 Å². The topological polar surface area (TPSA) is 72.5 Å². The summed E-state index contributed by atoms with van der Waals surface area (Å²) in [5, 5.41) is 6.40. The summed E-state index contributed by atoms with van der Waals surface area (Å²) in [5.41, 5.74) is 1.48. The van der Waals surface area contributed by atoms with Gasteiger partial charge in [-0.1, -0.05) is 30.0 Å². The van der Waals surface area contributed by atoms with Crippen LogP contribution in [-0.4, -0.2) is 31.3 Å². The van der Waals surface area contributed by atoms with Crippen molar-refractivity contribution in [2.45, 2.75) is 0 Å². The molecule has 3 rings (SSSR count). The van der Waals surface area contributed by atoms with Gasteiger partial charge in [0.1, 0.15) is 23.6 Å². The lowest BCUT2D eigenvalue weighted by Gasteiger charge is -2.06. The van der Waals surface area contributed by atoms with E-state index < -0.39 is 0 Å². The fourth-order valence-electron chi connectivity index (χ4n) is 2.39. The summed E-state index contributed by atoms with van der Waals surface area (Å²) in [5.74, 6) is 7.14. The van der Waals surface area contributed by atoms with E-state index in [0.29, 0.717) is 11.4 Å². The van der Waals surface area contributed by atoms with Crippen molar-refractivity contribution in [3.8, 4) is 23.3 Å². The van der Waals surface area contributed by atoms with Crippen LogP contribution in [0.4, 0.5) is 10.5 Å². The number of anilines is 1. The largest absolute Gasteiger partial charge is 0.497 e. The number of hydrogen-bond donors (Lipinski definition) is 2. The number of pyridine rings is 1. The molecule has 0 spiro atoms. The van der Waals surface area contributed by atoms with Gasteiger partial charge >= 0.3 is 6.03 Å². The van der Waals surface area contributed by atoms with Gasteiger partial charge in [-0.2, -0.15) is 0 Å². The highest BCUT2D eigenvalue weighted by molar-refractivity contribution is 5.89. The Morgan fingerprint density at radius 3 is 2.70 bits per heavy atom. The van der Waals surface area contributed by atoms with E-state index in [9.17, 15) is 4.79 Å². The summed E-state index contributed by atoms with van der Waals surface area (Å²) in [6.45, 7) is 0.441. The molecule has 1 aromatic heterocycles. The second kappa shape index (κ2) is 9.11. The van der Waals surface area contributed by atoms with Gasteiger partial charge in [-0.25, -0.2) is 4.79 Å². The van der Waals surface area contributed by atoms with Crippen molar-refractivity contribution < 1.29 is 14.3 Å². The van der Waals surface area contributed by atoms with E-state index in [1.54, 1.807) is 37.6 Å². The van der Waals surface area contributed by atoms with Crippen LogP contribution in [0.5, 0.6) is 11.5 Å². The predicted molar refractivity (Wildman–Crippen MR) is 105 cm³/mol. The van der Waals surface area contributed by atoms with Crippen LogP contribution in [0.25, 0.3) is 10.9 Å². The Bertz CT molecular complexity index is 970. The number of aromatic nitrogens is 1.